The van der Waals surface area contributed by atoms with Gasteiger partial charge in [0.2, 0.25) is 0 Å². The fourth-order valence-corrected chi connectivity index (χ4v) is 6.67. The summed E-state index contributed by atoms with van der Waals surface area (Å²) < 4.78 is 5.51. The molecule has 3 fully saturated rings. The summed E-state index contributed by atoms with van der Waals surface area (Å²) in [4.78, 5) is 16.8. The number of hydrogen-bond donors (Lipinski definition) is 1. The van der Waals surface area contributed by atoms with Crippen molar-refractivity contribution in [1.82, 2.24) is 14.9 Å². The molecule has 5 atom stereocenters. The minimum Gasteiger partial charge on any atom is -0.378 e. The normalized spacial score (nSPS) is 28.3. The van der Waals surface area contributed by atoms with E-state index in [4.69, 9.17) is 15.5 Å². The van der Waals surface area contributed by atoms with E-state index in [1.54, 1.807) is 13.3 Å². The van der Waals surface area contributed by atoms with E-state index < -0.39 is 0 Å². The molecule has 37 heavy (non-hydrogen) atoms. The van der Waals surface area contributed by atoms with Crippen LogP contribution >= 0.6 is 0 Å². The first-order valence-electron chi connectivity index (χ1n) is 13.3. The van der Waals surface area contributed by atoms with Crippen LogP contribution in [-0.2, 0) is 4.74 Å². The molecule has 0 spiro atoms. The van der Waals surface area contributed by atoms with E-state index in [9.17, 15) is 5.26 Å². The molecule has 0 amide bonds. The highest BCUT2D eigenvalue weighted by Gasteiger charge is 2.38. The molecule has 0 saturated carbocycles. The van der Waals surface area contributed by atoms with Crippen molar-refractivity contribution >= 4 is 22.4 Å². The largest absolute Gasteiger partial charge is 0.378 e. The third-order valence-corrected chi connectivity index (χ3v) is 8.63. The molecular formula is C29H35N7O. The van der Waals surface area contributed by atoms with Gasteiger partial charge < -0.3 is 20.3 Å². The molecular weight excluding hydrogens is 462 g/mol. The molecule has 6 rings (SSSR count). The van der Waals surface area contributed by atoms with E-state index in [-0.39, 0.29) is 12.1 Å². The molecule has 5 heterocycles. The van der Waals surface area contributed by atoms with Crippen LogP contribution in [0.1, 0.15) is 36.8 Å². The van der Waals surface area contributed by atoms with Crippen molar-refractivity contribution in [3.05, 3.63) is 59.9 Å². The number of aromatic nitrogens is 2. The molecule has 192 valence electrons. The summed E-state index contributed by atoms with van der Waals surface area (Å²) in [6.07, 6.45) is 6.18. The predicted molar refractivity (Wildman–Crippen MR) is 146 cm³/mol. The zero-order valence-corrected chi connectivity index (χ0v) is 21.6. The van der Waals surface area contributed by atoms with Crippen LogP contribution in [0.25, 0.3) is 10.9 Å². The van der Waals surface area contributed by atoms with E-state index >= 15 is 0 Å². The van der Waals surface area contributed by atoms with E-state index in [1.807, 2.05) is 12.1 Å². The van der Waals surface area contributed by atoms with Gasteiger partial charge in [-0.05, 0) is 68.1 Å². The zero-order chi connectivity index (χ0) is 25.5. The van der Waals surface area contributed by atoms with E-state index in [1.165, 1.54) is 11.3 Å². The van der Waals surface area contributed by atoms with Crippen LogP contribution in [0.3, 0.4) is 0 Å². The topological polar surface area (TPSA) is 94.5 Å². The van der Waals surface area contributed by atoms with Gasteiger partial charge in [-0.15, -0.1) is 0 Å². The number of rotatable bonds is 4. The van der Waals surface area contributed by atoms with Crippen LogP contribution in [0.4, 0.5) is 11.5 Å². The Hall–Kier alpha value is -3.25. The van der Waals surface area contributed by atoms with Crippen LogP contribution in [0.2, 0.25) is 0 Å². The first-order valence-corrected chi connectivity index (χ1v) is 13.3. The van der Waals surface area contributed by atoms with Gasteiger partial charge in [0, 0.05) is 68.8 Å². The number of hydrogen-bond acceptors (Lipinski definition) is 8. The highest BCUT2D eigenvalue weighted by Crippen LogP contribution is 2.38. The summed E-state index contributed by atoms with van der Waals surface area (Å²) in [7, 11) is 1.73. The third kappa shape index (κ3) is 4.42. The van der Waals surface area contributed by atoms with Gasteiger partial charge in [-0.1, -0.05) is 6.07 Å². The maximum atomic E-state index is 9.55. The molecule has 8 nitrogen and oxygen atoms in total. The highest BCUT2D eigenvalue weighted by atomic mass is 16.5. The minimum atomic E-state index is 0.0241. The summed E-state index contributed by atoms with van der Waals surface area (Å²) in [6, 6.07) is 15.8. The van der Waals surface area contributed by atoms with Crippen molar-refractivity contribution in [3.8, 4) is 6.07 Å². The number of nitrogens with two attached hydrogens (primary N) is 1. The number of anilines is 2. The van der Waals surface area contributed by atoms with Gasteiger partial charge in [0.25, 0.3) is 0 Å². The Balaban J connectivity index is 1.19. The smallest absolute Gasteiger partial charge is 0.128 e. The van der Waals surface area contributed by atoms with Crippen molar-refractivity contribution in [3.63, 3.8) is 0 Å². The van der Waals surface area contributed by atoms with Gasteiger partial charge in [0.05, 0.1) is 23.2 Å². The lowest BCUT2D eigenvalue weighted by Gasteiger charge is -2.50. The monoisotopic (exact) mass is 497 g/mol. The average molecular weight is 498 g/mol. The quantitative estimate of drug-likeness (QED) is 0.588. The van der Waals surface area contributed by atoms with Gasteiger partial charge in [0.15, 0.2) is 0 Å². The number of piperidine rings is 1. The Bertz CT molecular complexity index is 1310. The molecule has 3 aromatic rings. The Kier molecular flexibility index (Phi) is 6.45. The molecule has 1 aromatic carbocycles. The molecule has 3 aliphatic rings. The summed E-state index contributed by atoms with van der Waals surface area (Å²) in [6.45, 7) is 6.97. The molecule has 2 N–H and O–H groups in total. The van der Waals surface area contributed by atoms with Crippen molar-refractivity contribution in [2.75, 3.05) is 49.6 Å². The zero-order valence-electron chi connectivity index (χ0n) is 21.6. The fourth-order valence-electron chi connectivity index (χ4n) is 6.67. The molecule has 0 radical (unpaired) electrons. The Morgan fingerprint density at radius 3 is 2.70 bits per heavy atom. The van der Waals surface area contributed by atoms with Gasteiger partial charge >= 0.3 is 0 Å². The van der Waals surface area contributed by atoms with Gasteiger partial charge in [-0.3, -0.25) is 9.88 Å². The molecule has 8 heteroatoms. The SMILES string of the molecule is CO[C@H]1CN(c2ccc([C@@H]3CCN4[C@@H](C3)CN(c3ccc(C#N)c5ncccc35)C[C@H]4C)cn2)C[C@@H]1N. The fraction of sp³-hybridized carbons (Fsp3) is 0.483. The first-order chi connectivity index (χ1) is 18.1. The molecule has 0 aliphatic carbocycles. The molecule has 3 saturated heterocycles. The lowest BCUT2D eigenvalue weighted by atomic mass is 9.83. The van der Waals surface area contributed by atoms with E-state index in [0.717, 1.165) is 62.3 Å². The summed E-state index contributed by atoms with van der Waals surface area (Å²) in [5, 5.41) is 10.6. The number of methoxy groups -OCH3 is 1. The number of nitriles is 1. The van der Waals surface area contributed by atoms with Crippen molar-refractivity contribution in [2.45, 2.75) is 49.9 Å². The van der Waals surface area contributed by atoms with Crippen LogP contribution in [-0.4, -0.2) is 78.9 Å². The molecule has 3 aliphatic heterocycles. The maximum absolute atomic E-state index is 9.55. The molecule has 2 aromatic heterocycles. The first kappa shape index (κ1) is 24.1. The van der Waals surface area contributed by atoms with Crippen LogP contribution in [0.15, 0.2) is 48.8 Å². The second-order valence-electron chi connectivity index (χ2n) is 10.8. The standard InChI is InChI=1S/C29H35N7O/c1-19-15-34(26-7-5-21(13-30)29-24(26)4-3-10-32-29)16-23-12-20(9-11-36(19)23)22-6-8-28(33-14-22)35-17-25(31)27(18-35)37-2/h3-8,10,14,19-20,23,25,27H,9,11-12,15-18,31H2,1-2H3/t19-,20-,23+,25+,27+/m1/s1. The summed E-state index contributed by atoms with van der Waals surface area (Å²) >= 11 is 0. The number of fused-ring (bicyclic) bond motifs is 2. The third-order valence-electron chi connectivity index (χ3n) is 8.63. The second-order valence-corrected chi connectivity index (χ2v) is 10.8. The van der Waals surface area contributed by atoms with Crippen molar-refractivity contribution in [2.24, 2.45) is 5.73 Å². The molecule has 0 unspecified atom stereocenters. The van der Waals surface area contributed by atoms with Crippen LogP contribution in [0, 0.1) is 11.3 Å². The minimum absolute atomic E-state index is 0.0241. The van der Waals surface area contributed by atoms with Gasteiger partial charge in [0.1, 0.15) is 11.9 Å². The number of ether oxygens (including phenoxy) is 1. The highest BCUT2D eigenvalue weighted by molar-refractivity contribution is 5.95. The van der Waals surface area contributed by atoms with E-state index in [2.05, 4.69) is 63.1 Å². The number of piperazine rings is 1. The van der Waals surface area contributed by atoms with Gasteiger partial charge in [-0.2, -0.15) is 5.26 Å². The molecule has 0 bridgehead atoms. The number of pyridine rings is 2. The lowest BCUT2D eigenvalue weighted by molar-refractivity contribution is 0.0765. The predicted octanol–water partition coefficient (Wildman–Crippen LogP) is 3.12. The number of benzene rings is 1. The van der Waals surface area contributed by atoms with Crippen LogP contribution < -0.4 is 15.5 Å². The average Bonchev–Trinajstić information content (AvgIpc) is 3.32. The maximum Gasteiger partial charge on any atom is 0.128 e. The Morgan fingerprint density at radius 1 is 1.05 bits per heavy atom. The Morgan fingerprint density at radius 2 is 1.95 bits per heavy atom. The Labute approximate surface area is 218 Å². The van der Waals surface area contributed by atoms with Crippen molar-refractivity contribution in [1.29, 1.82) is 5.26 Å². The van der Waals surface area contributed by atoms with Crippen molar-refractivity contribution < 1.29 is 4.74 Å². The second kappa shape index (κ2) is 9.90. The summed E-state index contributed by atoms with van der Waals surface area (Å²) in [5.74, 6) is 1.48. The van der Waals surface area contributed by atoms with E-state index in [0.29, 0.717) is 23.6 Å². The van der Waals surface area contributed by atoms with Crippen LogP contribution in [0.5, 0.6) is 0 Å². The summed E-state index contributed by atoms with van der Waals surface area (Å²) in [5.41, 5.74) is 10.1. The lowest BCUT2D eigenvalue weighted by Crippen LogP contribution is -2.60. The van der Waals surface area contributed by atoms with Gasteiger partial charge in [-0.25, -0.2) is 4.98 Å². The number of nitrogens with zero attached hydrogens (tertiary/aromatic N) is 6.